The van der Waals surface area contributed by atoms with Gasteiger partial charge in [-0.05, 0) is 63.8 Å². The largest absolute Gasteiger partial charge is 0.494 e. The van der Waals surface area contributed by atoms with E-state index in [-0.39, 0.29) is 24.3 Å². The van der Waals surface area contributed by atoms with Crippen LogP contribution in [0.25, 0.3) is 0 Å². The average molecular weight is 612 g/mol. The Morgan fingerprint density at radius 2 is 1.81 bits per heavy atom. The zero-order valence-electron chi connectivity index (χ0n) is 26.3. The van der Waals surface area contributed by atoms with Gasteiger partial charge in [-0.3, -0.25) is 14.4 Å². The summed E-state index contributed by atoms with van der Waals surface area (Å²) in [6, 6.07) is 6.17. The smallest absolute Gasteiger partial charge is 0.247 e. The molecule has 2 unspecified atom stereocenters. The molecule has 8 nitrogen and oxygen atoms in total. The molecule has 3 heterocycles. The number of carbonyl (C=O) groups excluding carboxylic acids is 3. The summed E-state index contributed by atoms with van der Waals surface area (Å²) in [5.74, 6) is -0.970. The van der Waals surface area contributed by atoms with E-state index in [1.807, 2.05) is 43.0 Å². The van der Waals surface area contributed by atoms with Crippen LogP contribution in [0.5, 0.6) is 5.75 Å². The molecule has 3 saturated heterocycles. The first-order valence-electron chi connectivity index (χ1n) is 15.9. The van der Waals surface area contributed by atoms with Gasteiger partial charge in [-0.15, -0.1) is 24.9 Å². The predicted molar refractivity (Wildman–Crippen MR) is 173 cm³/mol. The number of anilines is 1. The van der Waals surface area contributed by atoms with Gasteiger partial charge in [0.25, 0.3) is 0 Å². The van der Waals surface area contributed by atoms with Crippen LogP contribution in [0.15, 0.2) is 49.6 Å². The van der Waals surface area contributed by atoms with Gasteiger partial charge in [-0.2, -0.15) is 0 Å². The highest BCUT2D eigenvalue weighted by Crippen LogP contribution is 2.72. The molecule has 1 N–H and O–H groups in total. The van der Waals surface area contributed by atoms with E-state index < -0.39 is 33.4 Å². The molecule has 1 spiro atoms. The quantitative estimate of drug-likeness (QED) is 0.208. The number of hydrogen-bond acceptors (Lipinski definition) is 6. The van der Waals surface area contributed by atoms with Crippen LogP contribution in [-0.2, 0) is 14.4 Å². The number of nitrogens with zero attached hydrogens (tertiary/aromatic N) is 3. The monoisotopic (exact) mass is 611 g/mol. The number of likely N-dealkylation sites (tertiary alicyclic amines) is 1. The van der Waals surface area contributed by atoms with Crippen LogP contribution in [-0.4, -0.2) is 87.1 Å². The summed E-state index contributed by atoms with van der Waals surface area (Å²) in [6.07, 6.45) is 8.26. The standard InChI is InChI=1S/C34H49N3O5S/c1-7-12-13-22-35(20-8-2)32(41)29-34-19-18-33(6,43-34)27(28(34)31(40)37(29)24(10-4)23-38)30(39)36(21-9-3)25-14-16-26(17-15-25)42-11-5/h8-9,14-17,24,27-29,38H,2-3,7,10-13,18-23H2,1,4-6H3/t24-,27+,28-,29?,33-,34?/m0/s1. The van der Waals surface area contributed by atoms with E-state index >= 15 is 0 Å². The van der Waals surface area contributed by atoms with Gasteiger partial charge in [-0.1, -0.05) is 38.8 Å². The number of hydrogen-bond donors (Lipinski definition) is 1. The number of aliphatic hydroxyl groups is 1. The average Bonchev–Trinajstić information content (AvgIpc) is 3.57. The van der Waals surface area contributed by atoms with Crippen molar-refractivity contribution < 1.29 is 24.2 Å². The second kappa shape index (κ2) is 13.9. The number of ether oxygens (including phenoxy) is 1. The van der Waals surface area contributed by atoms with E-state index in [1.165, 1.54) is 0 Å². The molecule has 4 rings (SSSR count). The van der Waals surface area contributed by atoms with Crippen molar-refractivity contribution in [2.45, 2.75) is 87.8 Å². The van der Waals surface area contributed by atoms with E-state index in [4.69, 9.17) is 4.74 Å². The highest BCUT2D eigenvalue weighted by atomic mass is 32.2. The highest BCUT2D eigenvalue weighted by molar-refractivity contribution is 8.02. The molecule has 3 fully saturated rings. The Balaban J connectivity index is 1.77. The third-order valence-corrected chi connectivity index (χ3v) is 11.5. The summed E-state index contributed by atoms with van der Waals surface area (Å²) in [5, 5.41) is 10.4. The van der Waals surface area contributed by atoms with Gasteiger partial charge in [0, 0.05) is 30.1 Å². The van der Waals surface area contributed by atoms with Crippen LogP contribution in [0.2, 0.25) is 0 Å². The lowest BCUT2D eigenvalue weighted by Gasteiger charge is -2.39. The summed E-state index contributed by atoms with van der Waals surface area (Å²) in [7, 11) is 0. The molecule has 6 atom stereocenters. The van der Waals surface area contributed by atoms with E-state index in [1.54, 1.807) is 33.7 Å². The van der Waals surface area contributed by atoms with Gasteiger partial charge in [0.15, 0.2) is 0 Å². The molecular formula is C34H49N3O5S. The Bertz CT molecular complexity index is 1190. The molecule has 43 heavy (non-hydrogen) atoms. The summed E-state index contributed by atoms with van der Waals surface area (Å²) in [4.78, 5) is 48.9. The molecule has 0 radical (unpaired) electrons. The van der Waals surface area contributed by atoms with Crippen molar-refractivity contribution in [1.29, 1.82) is 0 Å². The Morgan fingerprint density at radius 1 is 1.12 bits per heavy atom. The fourth-order valence-electron chi connectivity index (χ4n) is 7.51. The first-order chi connectivity index (χ1) is 20.7. The molecule has 3 aliphatic rings. The molecule has 1 aromatic rings. The number of carbonyl (C=O) groups is 3. The molecule has 9 heteroatoms. The summed E-state index contributed by atoms with van der Waals surface area (Å²) >= 11 is 1.66. The molecule has 3 aliphatic heterocycles. The van der Waals surface area contributed by atoms with E-state index in [9.17, 15) is 19.5 Å². The van der Waals surface area contributed by atoms with Gasteiger partial charge >= 0.3 is 0 Å². The first kappa shape index (κ1) is 33.1. The Morgan fingerprint density at radius 3 is 2.40 bits per heavy atom. The van der Waals surface area contributed by atoms with Crippen molar-refractivity contribution in [3.8, 4) is 5.75 Å². The van der Waals surface area contributed by atoms with Crippen molar-refractivity contribution in [2.75, 3.05) is 37.7 Å². The highest BCUT2D eigenvalue weighted by Gasteiger charge is 2.78. The van der Waals surface area contributed by atoms with E-state index in [0.29, 0.717) is 44.8 Å². The van der Waals surface area contributed by atoms with E-state index in [0.717, 1.165) is 31.4 Å². The Labute approximate surface area is 261 Å². The lowest BCUT2D eigenvalue weighted by atomic mass is 9.66. The van der Waals surface area contributed by atoms with Gasteiger partial charge in [0.2, 0.25) is 17.7 Å². The van der Waals surface area contributed by atoms with Crippen molar-refractivity contribution in [3.63, 3.8) is 0 Å². The predicted octanol–water partition coefficient (Wildman–Crippen LogP) is 5.06. The number of benzene rings is 1. The van der Waals surface area contributed by atoms with Gasteiger partial charge in [0.05, 0.1) is 35.8 Å². The normalized spacial score (nSPS) is 28.0. The van der Waals surface area contributed by atoms with E-state index in [2.05, 4.69) is 27.0 Å². The summed E-state index contributed by atoms with van der Waals surface area (Å²) < 4.78 is 4.36. The first-order valence-corrected chi connectivity index (χ1v) is 16.7. The Kier molecular flexibility index (Phi) is 10.7. The lowest BCUT2D eigenvalue weighted by Crippen LogP contribution is -2.57. The maximum atomic E-state index is 14.6. The maximum absolute atomic E-state index is 14.6. The van der Waals surface area contributed by atoms with Crippen molar-refractivity contribution in [1.82, 2.24) is 9.80 Å². The molecule has 2 bridgehead atoms. The number of aliphatic hydroxyl groups excluding tert-OH is 1. The molecule has 236 valence electrons. The SMILES string of the molecule is C=CCN(CCCCC)C(=O)C1N([C@@H](CC)CO)C(=O)[C@@H]2[C@H](C(=O)N(CC=C)c3ccc(OCC)cc3)[C@]3(C)CCC12S3. The minimum atomic E-state index is -0.744. The van der Waals surface area contributed by atoms with Crippen molar-refractivity contribution >= 4 is 35.2 Å². The molecule has 0 aromatic heterocycles. The van der Waals surface area contributed by atoms with Crippen LogP contribution < -0.4 is 9.64 Å². The summed E-state index contributed by atoms with van der Waals surface area (Å²) in [5.41, 5.74) is 0.712. The molecule has 1 aromatic carbocycles. The minimum absolute atomic E-state index is 0.0990. The molecular weight excluding hydrogens is 562 g/mol. The van der Waals surface area contributed by atoms with Gasteiger partial charge < -0.3 is 24.5 Å². The third-order valence-electron chi connectivity index (χ3n) is 9.52. The summed E-state index contributed by atoms with van der Waals surface area (Å²) in [6.45, 7) is 17.4. The Hall–Kier alpha value is -2.78. The van der Waals surface area contributed by atoms with Crippen molar-refractivity contribution in [2.24, 2.45) is 11.8 Å². The zero-order chi connectivity index (χ0) is 31.4. The maximum Gasteiger partial charge on any atom is 0.247 e. The number of rotatable bonds is 16. The van der Waals surface area contributed by atoms with Crippen LogP contribution in [0, 0.1) is 11.8 Å². The van der Waals surface area contributed by atoms with Gasteiger partial charge in [0.1, 0.15) is 11.8 Å². The van der Waals surface area contributed by atoms with Crippen molar-refractivity contribution in [3.05, 3.63) is 49.6 Å². The topological polar surface area (TPSA) is 90.4 Å². The fraction of sp³-hybridized carbons (Fsp3) is 0.618. The zero-order valence-corrected chi connectivity index (χ0v) is 27.1. The second-order valence-electron chi connectivity index (χ2n) is 12.2. The number of unbranched alkanes of at least 4 members (excludes halogenated alkanes) is 2. The van der Waals surface area contributed by atoms with Crippen LogP contribution in [0.1, 0.15) is 66.2 Å². The fourth-order valence-corrected chi connectivity index (χ4v) is 9.84. The number of thioether (sulfide) groups is 1. The van der Waals surface area contributed by atoms with Gasteiger partial charge in [-0.25, -0.2) is 0 Å². The third kappa shape index (κ3) is 5.87. The lowest BCUT2D eigenvalue weighted by molar-refractivity contribution is -0.146. The number of fused-ring (bicyclic) bond motifs is 1. The number of amides is 3. The molecule has 0 saturated carbocycles. The van der Waals surface area contributed by atoms with Crippen LogP contribution >= 0.6 is 11.8 Å². The second-order valence-corrected chi connectivity index (χ2v) is 14.1. The van der Waals surface area contributed by atoms with Crippen LogP contribution in [0.3, 0.4) is 0 Å². The molecule has 3 amide bonds. The van der Waals surface area contributed by atoms with Crippen LogP contribution in [0.4, 0.5) is 5.69 Å². The minimum Gasteiger partial charge on any atom is -0.494 e. The molecule has 0 aliphatic carbocycles.